The van der Waals surface area contributed by atoms with Gasteiger partial charge >= 0.3 is 5.97 Å². The second kappa shape index (κ2) is 7.50. The molecule has 130 valence electrons. The topological polar surface area (TPSA) is 78.9 Å². The molecule has 7 heteroatoms. The van der Waals surface area contributed by atoms with Crippen molar-refractivity contribution in [3.05, 3.63) is 52.4 Å². The summed E-state index contributed by atoms with van der Waals surface area (Å²) < 4.78 is 4.78. The van der Waals surface area contributed by atoms with Gasteiger partial charge in [-0.1, -0.05) is 12.1 Å². The smallest absolute Gasteiger partial charge is 0.337 e. The summed E-state index contributed by atoms with van der Waals surface area (Å²) in [4.78, 5) is 26.0. The van der Waals surface area contributed by atoms with E-state index in [-0.39, 0.29) is 36.9 Å². The molecule has 2 aromatic rings. The first-order valence-electron chi connectivity index (χ1n) is 7.75. The van der Waals surface area contributed by atoms with E-state index in [0.29, 0.717) is 5.69 Å². The number of nitrogens with zero attached hydrogens (tertiary/aromatic N) is 1. The molecule has 2 N–H and O–H groups in total. The molecule has 0 atom stereocenters. The Hall–Kier alpha value is -2.64. The fourth-order valence-electron chi connectivity index (χ4n) is 2.70. The van der Waals surface area contributed by atoms with Gasteiger partial charge in [0.25, 0.3) is 5.91 Å². The van der Waals surface area contributed by atoms with Gasteiger partial charge in [0.2, 0.25) is 0 Å². The molecule has 1 aromatic carbocycles. The zero-order valence-electron chi connectivity index (χ0n) is 13.7. The van der Waals surface area contributed by atoms with Gasteiger partial charge in [-0.25, -0.2) is 4.79 Å². The standard InChI is InChI=1S/C18H18N2O4S/c1-24-18(23)15-10-20(6-7-21)17(22)16(15)19-14-4-2-3-12(9-14)13-5-8-25-11-13/h2-5,8-9,11,19,21H,6-7,10H2,1H3. The lowest BCUT2D eigenvalue weighted by molar-refractivity contribution is -0.136. The first-order chi connectivity index (χ1) is 12.1. The van der Waals surface area contributed by atoms with Gasteiger partial charge in [0.1, 0.15) is 5.70 Å². The van der Waals surface area contributed by atoms with Crippen LogP contribution in [0.1, 0.15) is 0 Å². The molecule has 6 nitrogen and oxygen atoms in total. The maximum atomic E-state index is 12.5. The number of aliphatic hydroxyl groups is 1. The molecule has 0 saturated carbocycles. The summed E-state index contributed by atoms with van der Waals surface area (Å²) in [6.45, 7) is 0.124. The minimum absolute atomic E-state index is 0.124. The molecule has 2 heterocycles. The molecule has 1 amide bonds. The van der Waals surface area contributed by atoms with Crippen LogP contribution in [0.5, 0.6) is 0 Å². The Labute approximate surface area is 149 Å². The molecule has 1 aromatic heterocycles. The summed E-state index contributed by atoms with van der Waals surface area (Å²) in [7, 11) is 1.28. The largest absolute Gasteiger partial charge is 0.466 e. The highest BCUT2D eigenvalue weighted by molar-refractivity contribution is 7.08. The number of carbonyl (C=O) groups is 2. The molecular weight excluding hydrogens is 340 g/mol. The van der Waals surface area contributed by atoms with Crippen molar-refractivity contribution in [3.8, 4) is 11.1 Å². The maximum absolute atomic E-state index is 12.5. The van der Waals surface area contributed by atoms with E-state index in [1.54, 1.807) is 11.3 Å². The van der Waals surface area contributed by atoms with Gasteiger partial charge in [-0.05, 0) is 40.1 Å². The molecule has 0 aliphatic carbocycles. The van der Waals surface area contributed by atoms with Crippen molar-refractivity contribution in [2.24, 2.45) is 0 Å². The highest BCUT2D eigenvalue weighted by atomic mass is 32.1. The number of rotatable bonds is 6. The molecule has 3 rings (SSSR count). The lowest BCUT2D eigenvalue weighted by Gasteiger charge is -2.15. The van der Waals surface area contributed by atoms with Crippen LogP contribution in [-0.2, 0) is 14.3 Å². The number of β-amino-alcohol motifs (C(OH)–C–C–N with tert-alkyl or cyclic N) is 1. The van der Waals surface area contributed by atoms with Crippen molar-refractivity contribution in [2.75, 3.05) is 32.1 Å². The number of esters is 1. The lowest BCUT2D eigenvalue weighted by atomic mass is 10.1. The molecule has 0 bridgehead atoms. The van der Waals surface area contributed by atoms with Gasteiger partial charge in [-0.15, -0.1) is 0 Å². The molecule has 0 saturated heterocycles. The number of hydrogen-bond donors (Lipinski definition) is 2. The Morgan fingerprint density at radius 3 is 2.88 bits per heavy atom. The Morgan fingerprint density at radius 1 is 1.36 bits per heavy atom. The predicted octanol–water partition coefficient (Wildman–Crippen LogP) is 2.09. The van der Waals surface area contributed by atoms with Crippen molar-refractivity contribution in [1.29, 1.82) is 0 Å². The summed E-state index contributed by atoms with van der Waals surface area (Å²) >= 11 is 1.61. The van der Waals surface area contributed by atoms with Crippen molar-refractivity contribution in [3.63, 3.8) is 0 Å². The number of carbonyl (C=O) groups excluding carboxylic acids is 2. The van der Waals surface area contributed by atoms with Crippen molar-refractivity contribution >= 4 is 28.9 Å². The van der Waals surface area contributed by atoms with E-state index in [0.717, 1.165) is 11.1 Å². The highest BCUT2D eigenvalue weighted by Crippen LogP contribution is 2.27. The van der Waals surface area contributed by atoms with Crippen LogP contribution >= 0.6 is 11.3 Å². The number of aliphatic hydroxyl groups excluding tert-OH is 1. The Morgan fingerprint density at radius 2 is 2.20 bits per heavy atom. The number of methoxy groups -OCH3 is 1. The fraction of sp³-hybridized carbons (Fsp3) is 0.222. The van der Waals surface area contributed by atoms with Crippen LogP contribution in [0.4, 0.5) is 5.69 Å². The summed E-state index contributed by atoms with van der Waals surface area (Å²) in [5.74, 6) is -0.874. The van der Waals surface area contributed by atoms with Gasteiger partial charge in [0, 0.05) is 12.2 Å². The highest BCUT2D eigenvalue weighted by Gasteiger charge is 2.34. The van der Waals surface area contributed by atoms with E-state index in [1.807, 2.05) is 41.1 Å². The lowest BCUT2D eigenvalue weighted by Crippen LogP contribution is -2.31. The van der Waals surface area contributed by atoms with E-state index in [2.05, 4.69) is 5.32 Å². The molecule has 1 aliphatic heterocycles. The Kier molecular flexibility index (Phi) is 5.16. The quantitative estimate of drug-likeness (QED) is 0.773. The average molecular weight is 358 g/mol. The molecule has 0 radical (unpaired) electrons. The summed E-state index contributed by atoms with van der Waals surface area (Å²) in [6.07, 6.45) is 0. The van der Waals surface area contributed by atoms with Crippen molar-refractivity contribution in [1.82, 2.24) is 4.90 Å². The SMILES string of the molecule is COC(=O)C1=C(Nc2cccc(-c3ccsc3)c2)C(=O)N(CCO)C1. The van der Waals surface area contributed by atoms with E-state index >= 15 is 0 Å². The van der Waals surface area contributed by atoms with Gasteiger partial charge < -0.3 is 20.1 Å². The number of benzene rings is 1. The summed E-state index contributed by atoms with van der Waals surface area (Å²) in [5.41, 5.74) is 3.28. The van der Waals surface area contributed by atoms with Crippen LogP contribution in [0.3, 0.4) is 0 Å². The third-order valence-electron chi connectivity index (χ3n) is 3.94. The number of ether oxygens (including phenoxy) is 1. The number of anilines is 1. The van der Waals surface area contributed by atoms with E-state index in [4.69, 9.17) is 9.84 Å². The fourth-order valence-corrected chi connectivity index (χ4v) is 3.36. The first-order valence-corrected chi connectivity index (χ1v) is 8.69. The third kappa shape index (κ3) is 3.57. The van der Waals surface area contributed by atoms with Crippen LogP contribution in [0, 0.1) is 0 Å². The number of thiophene rings is 1. The van der Waals surface area contributed by atoms with Crippen LogP contribution in [0.25, 0.3) is 11.1 Å². The minimum atomic E-state index is -0.551. The number of hydrogen-bond acceptors (Lipinski definition) is 6. The normalized spacial score (nSPS) is 14.2. The van der Waals surface area contributed by atoms with Gasteiger partial charge in [0.15, 0.2) is 0 Å². The van der Waals surface area contributed by atoms with Gasteiger partial charge in [0.05, 0.1) is 25.8 Å². The van der Waals surface area contributed by atoms with Gasteiger partial charge in [-0.2, -0.15) is 11.3 Å². The van der Waals surface area contributed by atoms with Crippen LogP contribution in [-0.4, -0.2) is 48.7 Å². The molecular formula is C18H18N2O4S. The van der Waals surface area contributed by atoms with Gasteiger partial charge in [-0.3, -0.25) is 4.79 Å². The zero-order chi connectivity index (χ0) is 17.8. The van der Waals surface area contributed by atoms with Crippen LogP contribution < -0.4 is 5.32 Å². The molecule has 1 aliphatic rings. The van der Waals surface area contributed by atoms with Crippen LogP contribution in [0.15, 0.2) is 52.4 Å². The van der Waals surface area contributed by atoms with E-state index < -0.39 is 5.97 Å². The maximum Gasteiger partial charge on any atom is 0.337 e. The van der Waals surface area contributed by atoms with E-state index in [9.17, 15) is 9.59 Å². The average Bonchev–Trinajstić information content (AvgIpc) is 3.26. The Balaban J connectivity index is 1.90. The zero-order valence-corrected chi connectivity index (χ0v) is 14.5. The third-order valence-corrected chi connectivity index (χ3v) is 4.62. The monoisotopic (exact) mass is 358 g/mol. The first kappa shape index (κ1) is 17.2. The summed E-state index contributed by atoms with van der Waals surface area (Å²) in [6, 6.07) is 9.65. The minimum Gasteiger partial charge on any atom is -0.466 e. The summed E-state index contributed by atoms with van der Waals surface area (Å²) in [5, 5.41) is 16.2. The molecule has 0 fully saturated rings. The number of amides is 1. The Bertz CT molecular complexity index is 814. The molecule has 0 unspecified atom stereocenters. The molecule has 0 spiro atoms. The predicted molar refractivity (Wildman–Crippen MR) is 96.1 cm³/mol. The molecule has 25 heavy (non-hydrogen) atoms. The van der Waals surface area contributed by atoms with Crippen molar-refractivity contribution in [2.45, 2.75) is 0 Å². The van der Waals surface area contributed by atoms with E-state index in [1.165, 1.54) is 12.0 Å². The number of nitrogens with one attached hydrogen (secondary N) is 1. The second-order valence-electron chi connectivity index (χ2n) is 5.51. The van der Waals surface area contributed by atoms with Crippen LogP contribution in [0.2, 0.25) is 0 Å². The second-order valence-corrected chi connectivity index (χ2v) is 6.29. The van der Waals surface area contributed by atoms with Crippen molar-refractivity contribution < 1.29 is 19.4 Å².